The zero-order chi connectivity index (χ0) is 13.0. The highest BCUT2D eigenvalue weighted by Crippen LogP contribution is 2.17. The van der Waals surface area contributed by atoms with Gasteiger partial charge in [-0.2, -0.15) is 0 Å². The van der Waals surface area contributed by atoms with Gasteiger partial charge in [-0.05, 0) is 53.4 Å². The highest BCUT2D eigenvalue weighted by atomic mass is 79.9. The molecule has 2 rings (SSSR count). The lowest BCUT2D eigenvalue weighted by atomic mass is 10.1. The Morgan fingerprint density at radius 1 is 1.56 bits per heavy atom. The largest absolute Gasteiger partial charge is 0.378 e. The van der Waals surface area contributed by atoms with Crippen LogP contribution < -0.4 is 5.32 Å². The van der Waals surface area contributed by atoms with Crippen LogP contribution in [-0.2, 0) is 4.74 Å². The molecule has 0 spiro atoms. The van der Waals surface area contributed by atoms with Gasteiger partial charge in [-0.15, -0.1) is 0 Å². The summed E-state index contributed by atoms with van der Waals surface area (Å²) in [5.41, 5.74) is 0.454. The summed E-state index contributed by atoms with van der Waals surface area (Å²) in [5.74, 6) is -0.556. The first kappa shape index (κ1) is 13.5. The molecule has 0 aromatic heterocycles. The summed E-state index contributed by atoms with van der Waals surface area (Å²) in [6, 6.07) is 4.23. The fourth-order valence-corrected chi connectivity index (χ4v) is 2.34. The monoisotopic (exact) mass is 315 g/mol. The third-order valence-corrected chi connectivity index (χ3v) is 3.57. The molecule has 1 saturated heterocycles. The summed E-state index contributed by atoms with van der Waals surface area (Å²) in [4.78, 5) is 11.8. The molecule has 1 heterocycles. The molecule has 18 heavy (non-hydrogen) atoms. The van der Waals surface area contributed by atoms with Crippen molar-refractivity contribution in [2.24, 2.45) is 0 Å². The van der Waals surface area contributed by atoms with Crippen LogP contribution in [0.1, 0.15) is 29.6 Å². The number of benzene rings is 1. The van der Waals surface area contributed by atoms with Gasteiger partial charge >= 0.3 is 0 Å². The molecular weight excluding hydrogens is 301 g/mol. The lowest BCUT2D eigenvalue weighted by Crippen LogP contribution is -2.27. The molecular formula is C13H15BrFNO2. The first-order valence-corrected chi connectivity index (χ1v) is 6.81. The van der Waals surface area contributed by atoms with Gasteiger partial charge in [0.15, 0.2) is 0 Å². The van der Waals surface area contributed by atoms with E-state index in [0.717, 1.165) is 25.9 Å². The first-order chi connectivity index (χ1) is 8.66. The number of rotatable bonds is 4. The van der Waals surface area contributed by atoms with E-state index in [9.17, 15) is 9.18 Å². The topological polar surface area (TPSA) is 38.3 Å². The number of carbonyl (C=O) groups is 1. The van der Waals surface area contributed by atoms with Gasteiger partial charge in [-0.1, -0.05) is 0 Å². The maximum absolute atomic E-state index is 13.0. The van der Waals surface area contributed by atoms with Gasteiger partial charge in [-0.25, -0.2) is 4.39 Å². The number of hydrogen-bond acceptors (Lipinski definition) is 2. The van der Waals surface area contributed by atoms with Gasteiger partial charge < -0.3 is 10.1 Å². The molecule has 1 aliphatic rings. The second-order valence-electron chi connectivity index (χ2n) is 4.31. The van der Waals surface area contributed by atoms with Crippen LogP contribution in [0.3, 0.4) is 0 Å². The number of ether oxygens (including phenoxy) is 1. The summed E-state index contributed by atoms with van der Waals surface area (Å²) in [5, 5.41) is 2.81. The molecule has 0 radical (unpaired) electrons. The summed E-state index contributed by atoms with van der Waals surface area (Å²) in [6.07, 6.45) is 3.26. The molecule has 1 unspecified atom stereocenters. The van der Waals surface area contributed by atoms with Crippen LogP contribution in [0.15, 0.2) is 22.7 Å². The van der Waals surface area contributed by atoms with E-state index in [1.165, 1.54) is 18.2 Å². The molecule has 1 aliphatic heterocycles. The molecule has 5 heteroatoms. The molecule has 0 bridgehead atoms. The molecule has 3 nitrogen and oxygen atoms in total. The summed E-state index contributed by atoms with van der Waals surface area (Å²) < 4.78 is 18.8. The van der Waals surface area contributed by atoms with E-state index in [1.807, 2.05) is 0 Å². The Balaban J connectivity index is 1.81. The lowest BCUT2D eigenvalue weighted by Gasteiger charge is -2.10. The Labute approximate surface area is 114 Å². The quantitative estimate of drug-likeness (QED) is 0.927. The van der Waals surface area contributed by atoms with Crippen molar-refractivity contribution in [1.82, 2.24) is 5.32 Å². The van der Waals surface area contributed by atoms with E-state index in [0.29, 0.717) is 16.6 Å². The maximum atomic E-state index is 13.0. The van der Waals surface area contributed by atoms with Crippen LogP contribution in [0.2, 0.25) is 0 Å². The van der Waals surface area contributed by atoms with Crippen LogP contribution in [0.4, 0.5) is 4.39 Å². The number of halogens is 2. The molecule has 0 saturated carbocycles. The van der Waals surface area contributed by atoms with Gasteiger partial charge in [0, 0.05) is 18.7 Å². The van der Waals surface area contributed by atoms with Crippen molar-refractivity contribution >= 4 is 21.8 Å². The van der Waals surface area contributed by atoms with Crippen molar-refractivity contribution < 1.29 is 13.9 Å². The van der Waals surface area contributed by atoms with Gasteiger partial charge in [-0.3, -0.25) is 4.79 Å². The molecule has 0 aliphatic carbocycles. The predicted molar refractivity (Wildman–Crippen MR) is 70.0 cm³/mol. The smallest absolute Gasteiger partial charge is 0.251 e. The van der Waals surface area contributed by atoms with Crippen molar-refractivity contribution in [2.45, 2.75) is 25.4 Å². The van der Waals surface area contributed by atoms with Crippen molar-refractivity contribution in [3.05, 3.63) is 34.1 Å². The van der Waals surface area contributed by atoms with E-state index in [2.05, 4.69) is 21.2 Å². The molecule has 98 valence electrons. The number of nitrogens with one attached hydrogen (secondary N) is 1. The molecule has 1 aromatic carbocycles. The highest BCUT2D eigenvalue weighted by Gasteiger charge is 2.15. The van der Waals surface area contributed by atoms with Crippen LogP contribution >= 0.6 is 15.9 Å². The Morgan fingerprint density at radius 3 is 3.06 bits per heavy atom. The molecule has 1 N–H and O–H groups in total. The first-order valence-electron chi connectivity index (χ1n) is 6.01. The fraction of sp³-hybridized carbons (Fsp3) is 0.462. The minimum atomic E-state index is -0.370. The summed E-state index contributed by atoms with van der Waals surface area (Å²) >= 11 is 3.06. The van der Waals surface area contributed by atoms with Crippen molar-refractivity contribution in [1.29, 1.82) is 0 Å². The van der Waals surface area contributed by atoms with Crippen LogP contribution in [0, 0.1) is 5.82 Å². The van der Waals surface area contributed by atoms with E-state index in [1.54, 1.807) is 0 Å². The van der Waals surface area contributed by atoms with Crippen molar-refractivity contribution in [3.8, 4) is 0 Å². The average molecular weight is 316 g/mol. The Kier molecular flexibility index (Phi) is 4.72. The minimum absolute atomic E-state index is 0.186. The average Bonchev–Trinajstić information content (AvgIpc) is 2.85. The molecule has 1 aromatic rings. The second kappa shape index (κ2) is 6.29. The number of hydrogen-bond donors (Lipinski definition) is 1. The molecule has 1 amide bonds. The van der Waals surface area contributed by atoms with Crippen molar-refractivity contribution in [2.75, 3.05) is 13.2 Å². The zero-order valence-corrected chi connectivity index (χ0v) is 11.5. The van der Waals surface area contributed by atoms with Crippen molar-refractivity contribution in [3.63, 3.8) is 0 Å². The molecule has 1 atom stereocenters. The van der Waals surface area contributed by atoms with Crippen LogP contribution in [0.25, 0.3) is 0 Å². The standard InChI is InChI=1S/C13H15BrFNO2/c14-11-8-9(3-4-12(11)15)13(17)16-6-5-10-2-1-7-18-10/h3-4,8,10H,1-2,5-7H2,(H,16,17). The highest BCUT2D eigenvalue weighted by molar-refractivity contribution is 9.10. The second-order valence-corrected chi connectivity index (χ2v) is 5.16. The zero-order valence-electron chi connectivity index (χ0n) is 9.92. The van der Waals surface area contributed by atoms with E-state index < -0.39 is 0 Å². The van der Waals surface area contributed by atoms with E-state index in [-0.39, 0.29) is 17.8 Å². The third kappa shape index (κ3) is 3.53. The lowest BCUT2D eigenvalue weighted by molar-refractivity contribution is 0.0907. The van der Waals surface area contributed by atoms with Gasteiger partial charge in [0.05, 0.1) is 10.6 Å². The minimum Gasteiger partial charge on any atom is -0.378 e. The Hall–Kier alpha value is -0.940. The Bertz CT molecular complexity index is 433. The fourth-order valence-electron chi connectivity index (χ4n) is 1.96. The van der Waals surface area contributed by atoms with Gasteiger partial charge in [0.1, 0.15) is 5.82 Å². The summed E-state index contributed by atoms with van der Waals surface area (Å²) in [7, 11) is 0. The number of amides is 1. The van der Waals surface area contributed by atoms with E-state index >= 15 is 0 Å². The SMILES string of the molecule is O=C(NCCC1CCCO1)c1ccc(F)c(Br)c1. The van der Waals surface area contributed by atoms with Crippen LogP contribution in [0.5, 0.6) is 0 Å². The summed E-state index contributed by atoms with van der Waals surface area (Å²) in [6.45, 7) is 1.40. The predicted octanol–water partition coefficient (Wildman–Crippen LogP) is 2.89. The van der Waals surface area contributed by atoms with Gasteiger partial charge in [0.2, 0.25) is 0 Å². The molecule has 1 fully saturated rings. The van der Waals surface area contributed by atoms with E-state index in [4.69, 9.17) is 4.74 Å². The van der Waals surface area contributed by atoms with Gasteiger partial charge in [0.25, 0.3) is 5.91 Å². The number of carbonyl (C=O) groups excluding carboxylic acids is 1. The Morgan fingerprint density at radius 2 is 2.39 bits per heavy atom. The third-order valence-electron chi connectivity index (χ3n) is 2.96. The normalized spacial score (nSPS) is 18.9. The van der Waals surface area contributed by atoms with Crippen LogP contribution in [-0.4, -0.2) is 25.2 Å². The maximum Gasteiger partial charge on any atom is 0.251 e.